The van der Waals surface area contributed by atoms with Crippen molar-refractivity contribution in [1.82, 2.24) is 10.1 Å². The Kier molecular flexibility index (Phi) is 5.91. The van der Waals surface area contributed by atoms with Gasteiger partial charge in [0.2, 0.25) is 0 Å². The van der Waals surface area contributed by atoms with E-state index in [1.54, 1.807) is 13.0 Å². The third-order valence-electron chi connectivity index (χ3n) is 5.74. The summed E-state index contributed by atoms with van der Waals surface area (Å²) in [5.41, 5.74) is 5.06. The van der Waals surface area contributed by atoms with E-state index in [4.69, 9.17) is 14.2 Å². The van der Waals surface area contributed by atoms with Crippen molar-refractivity contribution in [3.63, 3.8) is 0 Å². The summed E-state index contributed by atoms with van der Waals surface area (Å²) in [6.45, 7) is 1.30. The number of hydrogen-bond donors (Lipinski definition) is 1. The number of carbonyl (C=O) groups excluding carboxylic acids is 2. The van der Waals surface area contributed by atoms with E-state index in [9.17, 15) is 9.59 Å². The minimum atomic E-state index is -0.540. The fraction of sp³-hybridized carbons (Fsp3) is 0.185. The third-order valence-corrected chi connectivity index (χ3v) is 5.74. The van der Waals surface area contributed by atoms with Gasteiger partial charge in [-0.2, -0.15) is 0 Å². The maximum absolute atomic E-state index is 13.3. The number of amides is 1. The van der Waals surface area contributed by atoms with E-state index in [1.807, 2.05) is 54.6 Å². The van der Waals surface area contributed by atoms with Gasteiger partial charge in [-0.25, -0.2) is 9.78 Å². The summed E-state index contributed by atoms with van der Waals surface area (Å²) in [5, 5.41) is 7.00. The highest BCUT2D eigenvalue weighted by Crippen LogP contribution is 2.36. The van der Waals surface area contributed by atoms with Crippen LogP contribution in [0.1, 0.15) is 45.8 Å². The Morgan fingerprint density at radius 3 is 2.68 bits per heavy atom. The van der Waals surface area contributed by atoms with E-state index >= 15 is 0 Å². The van der Waals surface area contributed by atoms with Gasteiger partial charge in [0.15, 0.2) is 12.4 Å². The number of aryl methyl sites for hydroxylation is 1. The lowest BCUT2D eigenvalue weighted by molar-refractivity contribution is -0.119. The van der Waals surface area contributed by atoms with Gasteiger partial charge in [0.05, 0.1) is 16.8 Å². The smallest absolute Gasteiger partial charge is 0.339 e. The van der Waals surface area contributed by atoms with Crippen LogP contribution in [-0.4, -0.2) is 28.6 Å². The van der Waals surface area contributed by atoms with E-state index in [0.29, 0.717) is 17.7 Å². The van der Waals surface area contributed by atoms with E-state index < -0.39 is 18.5 Å². The van der Waals surface area contributed by atoms with Crippen LogP contribution in [0.3, 0.4) is 0 Å². The van der Waals surface area contributed by atoms with Crippen LogP contribution in [0.2, 0.25) is 0 Å². The molecule has 0 saturated heterocycles. The van der Waals surface area contributed by atoms with Gasteiger partial charge in [0.1, 0.15) is 5.76 Å². The zero-order valence-electron chi connectivity index (χ0n) is 18.7. The topological polar surface area (TPSA) is 94.3 Å². The molecule has 7 heteroatoms. The van der Waals surface area contributed by atoms with Crippen molar-refractivity contribution in [2.75, 3.05) is 11.9 Å². The van der Waals surface area contributed by atoms with Crippen molar-refractivity contribution >= 4 is 40.2 Å². The van der Waals surface area contributed by atoms with Crippen LogP contribution in [0.5, 0.6) is 0 Å². The van der Waals surface area contributed by atoms with Crippen molar-refractivity contribution in [3.8, 4) is 0 Å². The average molecular weight is 453 g/mol. The third kappa shape index (κ3) is 4.45. The molecule has 1 N–H and O–H groups in total. The standard InChI is InChI=1S/C27H23N3O4/c1-17-14-23(30-34-17)29-24(31)16-33-27(32)25-20-11-5-6-13-22(20)28-26-19(10-7-12-21(25)26)15-18-8-3-2-4-9-18/h2-6,8-9,11,13-15H,7,10,12,16H2,1H3,(H,29,30,31). The Hall–Kier alpha value is -4.26. The summed E-state index contributed by atoms with van der Waals surface area (Å²) >= 11 is 0. The molecule has 34 heavy (non-hydrogen) atoms. The predicted molar refractivity (Wildman–Crippen MR) is 129 cm³/mol. The van der Waals surface area contributed by atoms with Crippen molar-refractivity contribution in [2.24, 2.45) is 0 Å². The van der Waals surface area contributed by atoms with Crippen LogP contribution in [-0.2, 0) is 16.0 Å². The number of pyridine rings is 1. The number of allylic oxidation sites excluding steroid dienone is 1. The number of hydrogen-bond acceptors (Lipinski definition) is 6. The Morgan fingerprint density at radius 1 is 1.09 bits per heavy atom. The van der Waals surface area contributed by atoms with E-state index in [0.717, 1.165) is 46.1 Å². The van der Waals surface area contributed by atoms with E-state index in [2.05, 4.69) is 16.5 Å². The molecule has 7 nitrogen and oxygen atoms in total. The zero-order chi connectivity index (χ0) is 23.5. The van der Waals surface area contributed by atoms with Crippen LogP contribution < -0.4 is 5.32 Å². The number of fused-ring (bicyclic) bond motifs is 2. The molecule has 0 aliphatic heterocycles. The predicted octanol–water partition coefficient (Wildman–Crippen LogP) is 5.20. The Labute approximate surface area is 196 Å². The molecule has 0 fully saturated rings. The number of benzene rings is 2. The number of ether oxygens (including phenoxy) is 1. The summed E-state index contributed by atoms with van der Waals surface area (Å²) < 4.78 is 10.4. The van der Waals surface area contributed by atoms with Crippen LogP contribution in [0.4, 0.5) is 5.82 Å². The summed E-state index contributed by atoms with van der Waals surface area (Å²) in [5.74, 6) is -0.177. The zero-order valence-corrected chi connectivity index (χ0v) is 18.7. The van der Waals surface area contributed by atoms with Gasteiger partial charge in [-0.15, -0.1) is 0 Å². The van der Waals surface area contributed by atoms with Crippen LogP contribution in [0.25, 0.3) is 22.6 Å². The minimum Gasteiger partial charge on any atom is -0.452 e. The summed E-state index contributed by atoms with van der Waals surface area (Å²) in [6.07, 6.45) is 4.62. The Balaban J connectivity index is 1.47. The lowest BCUT2D eigenvalue weighted by Crippen LogP contribution is -2.22. The average Bonchev–Trinajstić information content (AvgIpc) is 3.26. The van der Waals surface area contributed by atoms with Crippen molar-refractivity contribution in [3.05, 3.63) is 88.8 Å². The molecule has 2 aromatic heterocycles. The molecule has 0 radical (unpaired) electrons. The fourth-order valence-corrected chi connectivity index (χ4v) is 4.27. The molecule has 1 aliphatic rings. The van der Waals surface area contributed by atoms with E-state index in [-0.39, 0.29) is 5.82 Å². The van der Waals surface area contributed by atoms with Gasteiger partial charge in [0.25, 0.3) is 5.91 Å². The molecule has 2 heterocycles. The highest BCUT2D eigenvalue weighted by Gasteiger charge is 2.26. The monoisotopic (exact) mass is 453 g/mol. The van der Waals surface area contributed by atoms with Crippen LogP contribution in [0.15, 0.2) is 65.2 Å². The number of nitrogens with one attached hydrogen (secondary N) is 1. The number of carbonyl (C=O) groups is 2. The molecule has 5 rings (SSSR count). The van der Waals surface area contributed by atoms with Gasteiger partial charge >= 0.3 is 5.97 Å². The van der Waals surface area contributed by atoms with Gasteiger partial charge in [-0.1, -0.05) is 53.7 Å². The normalized spacial score (nSPS) is 14.1. The molecule has 2 aromatic carbocycles. The van der Waals surface area contributed by atoms with Gasteiger partial charge < -0.3 is 14.6 Å². The van der Waals surface area contributed by atoms with Crippen molar-refractivity contribution < 1.29 is 18.8 Å². The molecule has 1 aliphatic carbocycles. The van der Waals surface area contributed by atoms with E-state index in [1.165, 1.54) is 0 Å². The molecule has 4 aromatic rings. The molecule has 0 bridgehead atoms. The first kappa shape index (κ1) is 21.6. The minimum absolute atomic E-state index is 0.279. The largest absolute Gasteiger partial charge is 0.452 e. The number of aromatic nitrogens is 2. The fourth-order valence-electron chi connectivity index (χ4n) is 4.27. The molecule has 170 valence electrons. The first-order chi connectivity index (χ1) is 16.6. The molecule has 0 spiro atoms. The van der Waals surface area contributed by atoms with Crippen LogP contribution in [0, 0.1) is 6.92 Å². The number of anilines is 1. The molecule has 0 unspecified atom stereocenters. The Morgan fingerprint density at radius 2 is 1.88 bits per heavy atom. The molecule has 0 atom stereocenters. The maximum Gasteiger partial charge on any atom is 0.339 e. The molecule has 1 amide bonds. The number of nitrogens with zero attached hydrogens (tertiary/aromatic N) is 2. The second-order valence-corrected chi connectivity index (χ2v) is 8.21. The number of para-hydroxylation sites is 1. The molecule has 0 saturated carbocycles. The second-order valence-electron chi connectivity index (χ2n) is 8.21. The number of rotatable bonds is 5. The number of esters is 1. The van der Waals surface area contributed by atoms with Crippen LogP contribution >= 0.6 is 0 Å². The maximum atomic E-state index is 13.3. The SMILES string of the molecule is Cc1cc(NC(=O)COC(=O)c2c3c(nc4ccccc24)C(=Cc2ccccc2)CCC3)no1. The Bertz CT molecular complexity index is 1410. The molecular weight excluding hydrogens is 430 g/mol. The summed E-state index contributed by atoms with van der Waals surface area (Å²) in [6, 6.07) is 19.2. The van der Waals surface area contributed by atoms with Gasteiger partial charge in [-0.05, 0) is 55.0 Å². The second kappa shape index (κ2) is 9.31. The van der Waals surface area contributed by atoms with Crippen molar-refractivity contribution in [1.29, 1.82) is 0 Å². The first-order valence-electron chi connectivity index (χ1n) is 11.2. The quantitative estimate of drug-likeness (QED) is 0.417. The van der Waals surface area contributed by atoms with Crippen molar-refractivity contribution in [2.45, 2.75) is 26.2 Å². The lowest BCUT2D eigenvalue weighted by atomic mass is 9.86. The first-order valence-corrected chi connectivity index (χ1v) is 11.2. The van der Waals surface area contributed by atoms with Gasteiger partial charge in [-0.3, -0.25) is 4.79 Å². The summed E-state index contributed by atoms with van der Waals surface area (Å²) in [4.78, 5) is 30.5. The highest BCUT2D eigenvalue weighted by molar-refractivity contribution is 6.07. The van der Waals surface area contributed by atoms with Gasteiger partial charge in [0, 0.05) is 11.5 Å². The highest BCUT2D eigenvalue weighted by atomic mass is 16.5. The summed E-state index contributed by atoms with van der Waals surface area (Å²) in [7, 11) is 0. The molecular formula is C27H23N3O4. The lowest BCUT2D eigenvalue weighted by Gasteiger charge is -2.22.